The van der Waals surface area contributed by atoms with Crippen molar-refractivity contribution >= 4 is 5.91 Å². The summed E-state index contributed by atoms with van der Waals surface area (Å²) >= 11 is 0. The fraction of sp³-hybridized carbons (Fsp3) is 0.529. The van der Waals surface area contributed by atoms with Crippen molar-refractivity contribution in [2.45, 2.75) is 45.1 Å². The smallest absolute Gasteiger partial charge is 0.233 e. The number of nitrogens with zero attached hydrogens (tertiary/aromatic N) is 4. The molecule has 2 aromatic rings. The number of nitrogens with one attached hydrogen (secondary N) is 1. The summed E-state index contributed by atoms with van der Waals surface area (Å²) in [6, 6.07) is 9.88. The van der Waals surface area contributed by atoms with Crippen LogP contribution in [-0.4, -0.2) is 39.2 Å². The Labute approximate surface area is 142 Å². The second kappa shape index (κ2) is 10.5. The first-order valence-electron chi connectivity index (χ1n) is 8.59. The average molecular weight is 330 g/mol. The molecule has 0 unspecified atom stereocenters. The van der Waals surface area contributed by atoms with Crippen molar-refractivity contribution < 1.29 is 4.79 Å². The maximum Gasteiger partial charge on any atom is 0.233 e. The largest absolute Gasteiger partial charge is 0.355 e. The molecule has 0 aliphatic heterocycles. The zero-order chi connectivity index (χ0) is 17.0. The lowest BCUT2D eigenvalue weighted by molar-refractivity contribution is -0.119. The Morgan fingerprint density at radius 2 is 1.75 bits per heavy atom. The Hall–Kier alpha value is -2.28. The van der Waals surface area contributed by atoms with E-state index in [2.05, 4.69) is 20.7 Å². The van der Waals surface area contributed by atoms with Gasteiger partial charge >= 0.3 is 0 Å². The van der Waals surface area contributed by atoms with Crippen molar-refractivity contribution in [1.82, 2.24) is 25.5 Å². The molecule has 0 radical (unpaired) electrons. The van der Waals surface area contributed by atoms with Crippen molar-refractivity contribution in [3.05, 3.63) is 30.3 Å². The van der Waals surface area contributed by atoms with E-state index in [-0.39, 0.29) is 12.5 Å². The van der Waals surface area contributed by atoms with Crippen LogP contribution in [0.3, 0.4) is 0 Å². The van der Waals surface area contributed by atoms with Crippen LogP contribution < -0.4 is 11.1 Å². The lowest BCUT2D eigenvalue weighted by Crippen LogP contribution is -2.30. The highest BCUT2D eigenvalue weighted by Gasteiger charge is 2.04. The van der Waals surface area contributed by atoms with Gasteiger partial charge in [0.25, 0.3) is 0 Å². The van der Waals surface area contributed by atoms with Crippen molar-refractivity contribution in [3.63, 3.8) is 0 Å². The van der Waals surface area contributed by atoms with Crippen LogP contribution in [-0.2, 0) is 11.3 Å². The van der Waals surface area contributed by atoms with Gasteiger partial charge in [0, 0.05) is 12.1 Å². The number of amides is 1. The SMILES string of the molecule is NCC(=O)NCCCCCCCCn1nnc(-c2ccccc2)n1. The molecule has 1 heterocycles. The maximum absolute atomic E-state index is 11.0. The van der Waals surface area contributed by atoms with Crippen LogP contribution in [0.15, 0.2) is 30.3 Å². The lowest BCUT2D eigenvalue weighted by atomic mass is 10.1. The number of benzene rings is 1. The molecule has 1 amide bonds. The van der Waals surface area contributed by atoms with Crippen molar-refractivity contribution in [1.29, 1.82) is 0 Å². The van der Waals surface area contributed by atoms with Gasteiger partial charge in [-0.15, -0.1) is 10.2 Å². The highest BCUT2D eigenvalue weighted by molar-refractivity contribution is 5.77. The monoisotopic (exact) mass is 330 g/mol. The summed E-state index contributed by atoms with van der Waals surface area (Å²) in [5.41, 5.74) is 6.21. The van der Waals surface area contributed by atoms with Gasteiger partial charge in [-0.2, -0.15) is 4.80 Å². The summed E-state index contributed by atoms with van der Waals surface area (Å²) in [6.07, 6.45) is 6.71. The molecule has 7 nitrogen and oxygen atoms in total. The number of aromatic nitrogens is 4. The van der Waals surface area contributed by atoms with Crippen LogP contribution in [0.4, 0.5) is 0 Å². The highest BCUT2D eigenvalue weighted by atomic mass is 16.1. The fourth-order valence-electron chi connectivity index (χ4n) is 2.43. The first kappa shape index (κ1) is 18.1. The average Bonchev–Trinajstić information content (AvgIpc) is 3.09. The van der Waals surface area contributed by atoms with Crippen LogP contribution in [0, 0.1) is 0 Å². The number of nitrogens with two attached hydrogens (primary N) is 1. The number of aryl methyl sites for hydroxylation is 1. The first-order valence-corrected chi connectivity index (χ1v) is 8.59. The van der Waals surface area contributed by atoms with E-state index in [1.165, 1.54) is 12.8 Å². The summed E-state index contributed by atoms with van der Waals surface area (Å²) < 4.78 is 0. The molecule has 0 saturated heterocycles. The molecule has 3 N–H and O–H groups in total. The normalized spacial score (nSPS) is 10.7. The Morgan fingerprint density at radius 3 is 2.50 bits per heavy atom. The molecule has 0 aliphatic carbocycles. The minimum atomic E-state index is -0.0785. The van der Waals surface area contributed by atoms with E-state index in [0.717, 1.165) is 44.3 Å². The number of hydrogen-bond acceptors (Lipinski definition) is 5. The predicted octanol–water partition coefficient (Wildman–Crippen LogP) is 1.76. The molecule has 0 spiro atoms. The number of carbonyl (C=O) groups excluding carboxylic acids is 1. The summed E-state index contributed by atoms with van der Waals surface area (Å²) in [5, 5.41) is 15.4. The third-order valence-corrected chi connectivity index (χ3v) is 3.78. The van der Waals surface area contributed by atoms with E-state index in [4.69, 9.17) is 5.73 Å². The van der Waals surface area contributed by atoms with Gasteiger partial charge in [-0.05, 0) is 18.1 Å². The molecular weight excluding hydrogens is 304 g/mol. The second-order valence-electron chi connectivity index (χ2n) is 5.75. The van der Waals surface area contributed by atoms with Crippen molar-refractivity contribution in [3.8, 4) is 11.4 Å². The molecule has 7 heteroatoms. The molecule has 0 saturated carbocycles. The van der Waals surface area contributed by atoms with Gasteiger partial charge in [-0.1, -0.05) is 56.0 Å². The predicted molar refractivity (Wildman–Crippen MR) is 93.0 cm³/mol. The molecule has 0 fully saturated rings. The molecule has 0 aliphatic rings. The topological polar surface area (TPSA) is 98.7 Å². The summed E-state index contributed by atoms with van der Waals surface area (Å²) in [7, 11) is 0. The Morgan fingerprint density at radius 1 is 1.04 bits per heavy atom. The Bertz CT molecular complexity index is 598. The van der Waals surface area contributed by atoms with Crippen molar-refractivity contribution in [2.24, 2.45) is 5.73 Å². The molecule has 0 bridgehead atoms. The number of rotatable bonds is 11. The Balaban J connectivity index is 1.52. The quantitative estimate of drug-likeness (QED) is 0.612. The molecular formula is C17H26N6O. The van der Waals surface area contributed by atoms with Gasteiger partial charge in [0.05, 0.1) is 13.1 Å². The highest BCUT2D eigenvalue weighted by Crippen LogP contribution is 2.12. The second-order valence-corrected chi connectivity index (χ2v) is 5.75. The molecule has 1 aromatic carbocycles. The number of hydrogen-bond donors (Lipinski definition) is 2. The van der Waals surface area contributed by atoms with E-state index < -0.39 is 0 Å². The van der Waals surface area contributed by atoms with Gasteiger partial charge in [0.15, 0.2) is 0 Å². The van der Waals surface area contributed by atoms with E-state index in [9.17, 15) is 4.79 Å². The zero-order valence-corrected chi connectivity index (χ0v) is 14.0. The zero-order valence-electron chi connectivity index (χ0n) is 14.0. The van der Waals surface area contributed by atoms with Gasteiger partial charge in [-0.3, -0.25) is 4.79 Å². The molecule has 24 heavy (non-hydrogen) atoms. The van der Waals surface area contributed by atoms with Crippen LogP contribution >= 0.6 is 0 Å². The van der Waals surface area contributed by atoms with Crippen LogP contribution in [0.1, 0.15) is 38.5 Å². The van der Waals surface area contributed by atoms with E-state index in [1.807, 2.05) is 30.3 Å². The minimum absolute atomic E-state index is 0.0717. The van der Waals surface area contributed by atoms with E-state index in [1.54, 1.807) is 4.80 Å². The van der Waals surface area contributed by atoms with Crippen LogP contribution in [0.5, 0.6) is 0 Å². The fourth-order valence-corrected chi connectivity index (χ4v) is 2.43. The molecule has 130 valence electrons. The van der Waals surface area contributed by atoms with Gasteiger partial charge < -0.3 is 11.1 Å². The summed E-state index contributed by atoms with van der Waals surface area (Å²) in [5.74, 6) is 0.598. The third kappa shape index (κ3) is 6.45. The van der Waals surface area contributed by atoms with Crippen LogP contribution in [0.2, 0.25) is 0 Å². The van der Waals surface area contributed by atoms with Gasteiger partial charge in [0.2, 0.25) is 11.7 Å². The third-order valence-electron chi connectivity index (χ3n) is 3.78. The molecule has 0 atom stereocenters. The van der Waals surface area contributed by atoms with Crippen LogP contribution in [0.25, 0.3) is 11.4 Å². The minimum Gasteiger partial charge on any atom is -0.355 e. The molecule has 1 aromatic heterocycles. The summed E-state index contributed by atoms with van der Waals surface area (Å²) in [4.78, 5) is 12.6. The summed E-state index contributed by atoms with van der Waals surface area (Å²) in [6.45, 7) is 1.59. The van der Waals surface area contributed by atoms with Crippen molar-refractivity contribution in [2.75, 3.05) is 13.1 Å². The maximum atomic E-state index is 11.0. The Kier molecular flexibility index (Phi) is 7.89. The lowest BCUT2D eigenvalue weighted by Gasteiger charge is -2.03. The first-order chi connectivity index (χ1) is 11.8. The van der Waals surface area contributed by atoms with Gasteiger partial charge in [-0.25, -0.2) is 0 Å². The standard InChI is InChI=1S/C17H26N6O/c18-14-16(24)19-12-8-3-1-2-4-9-13-23-21-17(20-22-23)15-10-6-5-7-11-15/h5-7,10-11H,1-4,8-9,12-14,18H2,(H,19,24). The number of unbranched alkanes of at least 4 members (excludes halogenated alkanes) is 5. The van der Waals surface area contributed by atoms with E-state index >= 15 is 0 Å². The van der Waals surface area contributed by atoms with E-state index in [0.29, 0.717) is 5.82 Å². The molecule has 2 rings (SSSR count). The number of tetrazole rings is 1. The van der Waals surface area contributed by atoms with Gasteiger partial charge in [0.1, 0.15) is 0 Å². The number of carbonyl (C=O) groups is 1.